The summed E-state index contributed by atoms with van der Waals surface area (Å²) in [5.41, 5.74) is 19.9. The van der Waals surface area contributed by atoms with Gasteiger partial charge in [0.25, 0.3) is 0 Å². The molecule has 82 heavy (non-hydrogen) atoms. The maximum Gasteiger partial charge on any atom is 0.243 e. The fourth-order valence-corrected chi connectivity index (χ4v) is 11.6. The molecular weight excluding hydrogens is 1090 g/mol. The fourth-order valence-electron chi connectivity index (χ4n) is 9.14. The number of carbonyl (C=O) groups excluding carboxylic acids is 8. The third-order valence-electron chi connectivity index (χ3n) is 13.9. The van der Waals surface area contributed by atoms with Crippen LogP contribution in [0.1, 0.15) is 69.6 Å². The lowest BCUT2D eigenvalue weighted by atomic mass is 9.90. The van der Waals surface area contributed by atoms with Gasteiger partial charge in [0.2, 0.25) is 35.4 Å². The number of fused-ring (bicyclic) bond motifs is 1. The van der Waals surface area contributed by atoms with Gasteiger partial charge in [-0.05, 0) is 103 Å². The predicted octanol–water partition coefficient (Wildman–Crippen LogP) is 2.56. The van der Waals surface area contributed by atoms with Gasteiger partial charge in [-0.25, -0.2) is 0 Å². The second kappa shape index (κ2) is 34.1. The number of ketones is 2. The number of rotatable bonds is 24. The molecule has 1 saturated heterocycles. The molecule has 1 heterocycles. The molecule has 0 aromatic heterocycles. The monoisotopic (exact) mass is 1170 g/mol. The molecule has 13 N–H and O–H groups in total. The van der Waals surface area contributed by atoms with Gasteiger partial charge in [0, 0.05) is 43.8 Å². The molecule has 4 aromatic carbocycles. The normalized spacial score (nSPS) is 21.1. The molecule has 5 rings (SSSR count). The molecule has 23 heteroatoms. The third kappa shape index (κ3) is 21.6. The Morgan fingerprint density at radius 2 is 1.37 bits per heavy atom. The largest absolute Gasteiger partial charge is 0.508 e. The Morgan fingerprint density at radius 1 is 0.732 bits per heavy atom. The number of phenolic OH excluding ortho intramolecular Hbond substituents is 1. The third-order valence-corrected chi connectivity index (χ3v) is 16.3. The molecule has 1 aliphatic rings. The summed E-state index contributed by atoms with van der Waals surface area (Å²) >= 11 is 0. The standard InChI is InChI=1S/C59H80N8O13S2/c1-35(2)52-51(71)32-43(56(74)67-53(36(3)68)54(62)72)33-81-82-34-49(65-57(75)46(61)29-39-12-17-40-9-5-6-10-41(40)28-39)50(70)31-42(27-37-13-18-44(69)19-14-37)55(73)64-48(59(77)63-47(58(76)66-52)11-7-8-22-60)30-38-15-20-45(21-16-38)80-26-25-79-24-23-78-4/h5-6,9-10,12-21,28,35-36,42-43,46-49,52-53,68-69H,7-8,11,22-27,29-34,60-61H2,1-4H3,(H2,62,72)(H,63,77)(H,64,73)(H,65,75)(H,66,76)(H,67,74)/t36-,42-,43+,46-,47+,48-,49+,52+,53+/m1/s1. The summed E-state index contributed by atoms with van der Waals surface area (Å²) in [7, 11) is 3.76. The van der Waals surface area contributed by atoms with Crippen molar-refractivity contribution in [2.45, 2.75) is 114 Å². The van der Waals surface area contributed by atoms with Gasteiger partial charge in [0.05, 0.1) is 50.0 Å². The number of unbranched alkanes of at least 4 members (excludes halogenated alkanes) is 1. The number of aromatic hydroxyl groups is 1. The summed E-state index contributed by atoms with van der Waals surface area (Å²) < 4.78 is 16.4. The van der Waals surface area contributed by atoms with Crippen LogP contribution in [0, 0.1) is 17.8 Å². The van der Waals surface area contributed by atoms with E-state index in [2.05, 4.69) is 26.6 Å². The van der Waals surface area contributed by atoms with Gasteiger partial charge >= 0.3 is 0 Å². The number of hydrogen-bond donors (Lipinski definition) is 10. The van der Waals surface area contributed by atoms with Crippen LogP contribution in [0.2, 0.25) is 0 Å². The maximum atomic E-state index is 15.0. The summed E-state index contributed by atoms with van der Waals surface area (Å²) in [5, 5.41) is 36.3. The highest BCUT2D eigenvalue weighted by molar-refractivity contribution is 8.76. The number of primary amides is 1. The molecule has 4 aromatic rings. The van der Waals surface area contributed by atoms with Gasteiger partial charge < -0.3 is 68.2 Å². The molecule has 6 amide bonds. The Morgan fingerprint density at radius 3 is 2.04 bits per heavy atom. The van der Waals surface area contributed by atoms with Gasteiger partial charge in [0.15, 0.2) is 11.6 Å². The average Bonchev–Trinajstić information content (AvgIpc) is 3.62. The highest BCUT2D eigenvalue weighted by Gasteiger charge is 2.37. The highest BCUT2D eigenvalue weighted by atomic mass is 33.1. The van der Waals surface area contributed by atoms with Gasteiger partial charge in [-0.2, -0.15) is 0 Å². The number of ether oxygens (including phenoxy) is 3. The van der Waals surface area contributed by atoms with E-state index in [-0.39, 0.29) is 56.1 Å². The number of methoxy groups -OCH3 is 1. The van der Waals surface area contributed by atoms with Crippen LogP contribution < -0.4 is 48.5 Å². The lowest BCUT2D eigenvalue weighted by Gasteiger charge is -2.29. The molecule has 9 atom stereocenters. The first kappa shape index (κ1) is 66.2. The molecule has 0 unspecified atom stereocenters. The zero-order valence-electron chi connectivity index (χ0n) is 47.0. The van der Waals surface area contributed by atoms with Gasteiger partial charge in [-0.15, -0.1) is 0 Å². The smallest absolute Gasteiger partial charge is 0.243 e. The Hall–Kier alpha value is -6.60. The summed E-state index contributed by atoms with van der Waals surface area (Å²) in [4.78, 5) is 114. The van der Waals surface area contributed by atoms with Crippen molar-refractivity contribution in [2.24, 2.45) is 35.0 Å². The number of hydrogen-bond acceptors (Lipinski definition) is 17. The molecule has 1 aliphatic heterocycles. The Labute approximate surface area is 486 Å². The number of amides is 6. The Balaban J connectivity index is 1.55. The van der Waals surface area contributed by atoms with Crippen LogP contribution in [0.5, 0.6) is 11.5 Å². The van der Waals surface area contributed by atoms with Crippen molar-refractivity contribution in [3.63, 3.8) is 0 Å². The first-order chi connectivity index (χ1) is 39.3. The molecule has 0 radical (unpaired) electrons. The second-order valence-corrected chi connectivity index (χ2v) is 23.3. The van der Waals surface area contributed by atoms with Crippen LogP contribution in [0.4, 0.5) is 0 Å². The molecule has 446 valence electrons. The number of aliphatic hydroxyl groups excluding tert-OH is 1. The van der Waals surface area contributed by atoms with Crippen molar-refractivity contribution in [3.8, 4) is 11.5 Å². The van der Waals surface area contributed by atoms with Crippen molar-refractivity contribution in [1.29, 1.82) is 0 Å². The van der Waals surface area contributed by atoms with E-state index in [0.717, 1.165) is 37.9 Å². The molecule has 21 nitrogen and oxygen atoms in total. The number of aliphatic hydroxyl groups is 1. The molecular formula is C59H80N8O13S2. The van der Waals surface area contributed by atoms with Crippen molar-refractivity contribution in [3.05, 3.63) is 108 Å². The van der Waals surface area contributed by atoms with E-state index in [1.807, 2.05) is 42.5 Å². The fraction of sp³-hybridized carbons (Fsp3) is 0.492. The molecule has 0 saturated carbocycles. The molecule has 0 spiro atoms. The van der Waals surface area contributed by atoms with Crippen LogP contribution in [0.3, 0.4) is 0 Å². The van der Waals surface area contributed by atoms with E-state index in [9.17, 15) is 48.6 Å². The summed E-state index contributed by atoms with van der Waals surface area (Å²) in [6.45, 7) is 6.34. The number of nitrogens with two attached hydrogens (primary N) is 3. The lowest BCUT2D eigenvalue weighted by molar-refractivity contribution is -0.136. The van der Waals surface area contributed by atoms with Crippen LogP contribution >= 0.6 is 21.6 Å². The summed E-state index contributed by atoms with van der Waals surface area (Å²) in [6.07, 6.45) is -1.41. The molecule has 0 bridgehead atoms. The minimum Gasteiger partial charge on any atom is -0.508 e. The number of Topliss-reactive ketones (excluding diaryl/α,β-unsaturated/α-hetero) is 2. The van der Waals surface area contributed by atoms with E-state index in [1.54, 1.807) is 57.4 Å². The van der Waals surface area contributed by atoms with Crippen molar-refractivity contribution in [2.75, 3.05) is 51.6 Å². The Bertz CT molecular complexity index is 2750. The molecule has 0 aliphatic carbocycles. The van der Waals surface area contributed by atoms with Crippen LogP contribution in [0.25, 0.3) is 10.8 Å². The van der Waals surface area contributed by atoms with E-state index >= 15 is 0 Å². The number of benzene rings is 4. The van der Waals surface area contributed by atoms with Gasteiger partial charge in [-0.1, -0.05) is 102 Å². The van der Waals surface area contributed by atoms with Crippen LogP contribution in [0.15, 0.2) is 91.0 Å². The quantitative estimate of drug-likeness (QED) is 0.0356. The Kier molecular flexibility index (Phi) is 27.5. The molecule has 1 fully saturated rings. The number of phenols is 1. The highest BCUT2D eigenvalue weighted by Crippen LogP contribution is 2.29. The van der Waals surface area contributed by atoms with E-state index in [1.165, 1.54) is 19.1 Å². The topological polar surface area (TPSA) is 343 Å². The summed E-state index contributed by atoms with van der Waals surface area (Å²) in [6, 6.07) is 18.6. The maximum absolute atomic E-state index is 15.0. The summed E-state index contributed by atoms with van der Waals surface area (Å²) in [5.74, 6) is -8.43. The zero-order chi connectivity index (χ0) is 59.7. The van der Waals surface area contributed by atoms with Gasteiger partial charge in [-0.3, -0.25) is 38.4 Å². The minimum absolute atomic E-state index is 0.0362. The first-order valence-corrected chi connectivity index (χ1v) is 30.0. The predicted molar refractivity (Wildman–Crippen MR) is 315 cm³/mol. The number of nitrogens with one attached hydrogen (secondary N) is 5. The van der Waals surface area contributed by atoms with E-state index in [4.69, 9.17) is 31.4 Å². The van der Waals surface area contributed by atoms with Gasteiger partial charge in [0.1, 0.15) is 36.2 Å². The van der Waals surface area contributed by atoms with Crippen molar-refractivity contribution < 1.29 is 62.8 Å². The van der Waals surface area contributed by atoms with Crippen molar-refractivity contribution >= 4 is 79.4 Å². The van der Waals surface area contributed by atoms with E-state index < -0.39 is 120 Å². The van der Waals surface area contributed by atoms with Crippen LogP contribution in [-0.4, -0.2) is 151 Å². The SMILES string of the molecule is COCCOCCOc1ccc(C[C@H]2NC(=O)[C@H](Cc3ccc(O)cc3)CC(=O)[C@@H](NC(=O)[C@H](N)Cc3ccc4ccccc4c3)CSSC[C@@H](C(=O)N[C@H](C(N)=O)[C@@H](C)O)CC(=O)[C@H](C(C)C)NC(=O)[C@H](CCCCN)NC2=O)cc1. The van der Waals surface area contributed by atoms with Crippen molar-refractivity contribution in [1.82, 2.24) is 26.6 Å². The lowest BCUT2D eigenvalue weighted by Crippen LogP contribution is -2.57. The average molecular weight is 1170 g/mol. The zero-order valence-corrected chi connectivity index (χ0v) is 48.6. The second-order valence-electron chi connectivity index (χ2n) is 20.8. The first-order valence-electron chi connectivity index (χ1n) is 27.5. The van der Waals surface area contributed by atoms with E-state index in [0.29, 0.717) is 49.5 Å². The minimum atomic E-state index is -1.51. The number of carbonyl (C=O) groups is 8. The van der Waals surface area contributed by atoms with Crippen LogP contribution in [-0.2, 0) is 67.1 Å².